The highest BCUT2D eigenvalue weighted by molar-refractivity contribution is 7.92. The Morgan fingerprint density at radius 2 is 1.65 bits per heavy atom. The molecule has 6 heteroatoms. The summed E-state index contributed by atoms with van der Waals surface area (Å²) in [6, 6.07) is 13.2. The van der Waals surface area contributed by atoms with Crippen LogP contribution in [0.15, 0.2) is 47.4 Å². The first kappa shape index (κ1) is 17.4. The Morgan fingerprint density at radius 3 is 2.46 bits per heavy atom. The number of anilines is 2. The quantitative estimate of drug-likeness (QED) is 0.868. The van der Waals surface area contributed by atoms with Gasteiger partial charge in [0.25, 0.3) is 10.0 Å². The molecule has 1 fully saturated rings. The molecule has 1 saturated heterocycles. The Kier molecular flexibility index (Phi) is 4.87. The summed E-state index contributed by atoms with van der Waals surface area (Å²) < 4.78 is 28.8. The first-order valence-electron chi connectivity index (χ1n) is 9.33. The second-order valence-electron chi connectivity index (χ2n) is 7.00. The van der Waals surface area contributed by atoms with Crippen molar-refractivity contribution in [3.05, 3.63) is 53.6 Å². The lowest BCUT2D eigenvalue weighted by Crippen LogP contribution is -2.43. The number of fused-ring (bicyclic) bond motifs is 1. The van der Waals surface area contributed by atoms with Crippen LogP contribution in [0.4, 0.5) is 11.4 Å². The number of piperazine rings is 1. The number of para-hydroxylation sites is 2. The third-order valence-electron chi connectivity index (χ3n) is 5.24. The Morgan fingerprint density at radius 1 is 0.923 bits per heavy atom. The zero-order chi connectivity index (χ0) is 18.0. The molecule has 0 unspecified atom stereocenters. The molecular weight excluding hydrogens is 346 g/mol. The summed E-state index contributed by atoms with van der Waals surface area (Å²) >= 11 is 0. The average molecular weight is 372 g/mol. The maximum absolute atomic E-state index is 13.0. The van der Waals surface area contributed by atoms with E-state index in [4.69, 9.17) is 0 Å². The van der Waals surface area contributed by atoms with Crippen molar-refractivity contribution in [1.29, 1.82) is 0 Å². The van der Waals surface area contributed by atoms with Crippen LogP contribution < -0.4 is 14.9 Å². The van der Waals surface area contributed by atoms with Gasteiger partial charge >= 0.3 is 0 Å². The molecule has 0 amide bonds. The summed E-state index contributed by atoms with van der Waals surface area (Å²) in [5, 5.41) is 3.33. The van der Waals surface area contributed by atoms with E-state index in [0.29, 0.717) is 10.6 Å². The van der Waals surface area contributed by atoms with Crippen LogP contribution in [0.1, 0.15) is 24.0 Å². The van der Waals surface area contributed by atoms with Crippen molar-refractivity contribution in [2.45, 2.75) is 30.6 Å². The van der Waals surface area contributed by atoms with Crippen LogP contribution in [0, 0.1) is 0 Å². The summed E-state index contributed by atoms with van der Waals surface area (Å²) in [7, 11) is -3.60. The Bertz CT molecular complexity index is 890. The molecule has 138 valence electrons. The van der Waals surface area contributed by atoms with E-state index in [9.17, 15) is 8.42 Å². The molecule has 0 spiro atoms. The van der Waals surface area contributed by atoms with Crippen LogP contribution in [0.3, 0.4) is 0 Å². The molecule has 1 aliphatic carbocycles. The molecule has 0 bridgehead atoms. The highest BCUT2D eigenvalue weighted by atomic mass is 32.2. The van der Waals surface area contributed by atoms with Crippen LogP contribution >= 0.6 is 0 Å². The molecule has 2 aromatic carbocycles. The Hall–Kier alpha value is -2.05. The van der Waals surface area contributed by atoms with E-state index in [1.807, 2.05) is 36.4 Å². The lowest BCUT2D eigenvalue weighted by atomic mass is 9.92. The van der Waals surface area contributed by atoms with Gasteiger partial charge < -0.3 is 10.2 Å². The summed E-state index contributed by atoms with van der Waals surface area (Å²) in [5.41, 5.74) is 4.05. The van der Waals surface area contributed by atoms with Gasteiger partial charge in [0.2, 0.25) is 0 Å². The van der Waals surface area contributed by atoms with Gasteiger partial charge in [-0.2, -0.15) is 0 Å². The highest BCUT2D eigenvalue weighted by Gasteiger charge is 2.21. The third-order valence-corrected chi connectivity index (χ3v) is 6.60. The van der Waals surface area contributed by atoms with Crippen molar-refractivity contribution in [2.75, 3.05) is 35.8 Å². The van der Waals surface area contributed by atoms with E-state index in [0.717, 1.165) is 51.1 Å². The molecular formula is C20H25N3O2S. The van der Waals surface area contributed by atoms with Crippen molar-refractivity contribution in [1.82, 2.24) is 5.32 Å². The van der Waals surface area contributed by atoms with Crippen LogP contribution in [0.2, 0.25) is 0 Å². The van der Waals surface area contributed by atoms with Gasteiger partial charge in [0.15, 0.2) is 0 Å². The highest BCUT2D eigenvalue weighted by Crippen LogP contribution is 2.29. The van der Waals surface area contributed by atoms with Gasteiger partial charge in [0.1, 0.15) is 0 Å². The number of aryl methyl sites for hydroxylation is 2. The molecule has 2 aromatic rings. The fourth-order valence-corrected chi connectivity index (χ4v) is 4.95. The van der Waals surface area contributed by atoms with Crippen molar-refractivity contribution >= 4 is 21.4 Å². The van der Waals surface area contributed by atoms with Gasteiger partial charge in [-0.1, -0.05) is 18.2 Å². The van der Waals surface area contributed by atoms with E-state index in [1.165, 1.54) is 17.5 Å². The standard InChI is InChI=1S/C20H25N3O2S/c24-26(25,18-10-9-16-5-1-2-6-17(16)15-18)22-19-7-3-4-8-20(19)23-13-11-21-12-14-23/h3-4,7-10,15,21-22H,1-2,5-6,11-14H2. The van der Waals surface area contributed by atoms with E-state index in [1.54, 1.807) is 6.07 Å². The van der Waals surface area contributed by atoms with Crippen molar-refractivity contribution in [2.24, 2.45) is 0 Å². The molecule has 5 nitrogen and oxygen atoms in total. The molecule has 2 aliphatic rings. The van der Waals surface area contributed by atoms with E-state index in [2.05, 4.69) is 14.9 Å². The minimum atomic E-state index is -3.60. The fourth-order valence-electron chi connectivity index (χ4n) is 3.82. The van der Waals surface area contributed by atoms with Crippen molar-refractivity contribution in [3.63, 3.8) is 0 Å². The maximum atomic E-state index is 13.0. The van der Waals surface area contributed by atoms with Gasteiger partial charge in [-0.15, -0.1) is 0 Å². The zero-order valence-corrected chi connectivity index (χ0v) is 15.7. The van der Waals surface area contributed by atoms with Crippen molar-refractivity contribution < 1.29 is 8.42 Å². The number of hydrogen-bond acceptors (Lipinski definition) is 4. The first-order valence-corrected chi connectivity index (χ1v) is 10.8. The molecule has 4 rings (SSSR count). The van der Waals surface area contributed by atoms with E-state index >= 15 is 0 Å². The lowest BCUT2D eigenvalue weighted by Gasteiger charge is -2.31. The summed E-state index contributed by atoms with van der Waals surface area (Å²) in [4.78, 5) is 2.58. The van der Waals surface area contributed by atoms with Gasteiger partial charge in [0, 0.05) is 26.2 Å². The summed E-state index contributed by atoms with van der Waals surface area (Å²) in [6.45, 7) is 3.56. The molecule has 1 aliphatic heterocycles. The predicted molar refractivity (Wildman–Crippen MR) is 105 cm³/mol. The number of nitrogens with one attached hydrogen (secondary N) is 2. The number of sulfonamides is 1. The number of rotatable bonds is 4. The molecule has 0 aromatic heterocycles. The van der Waals surface area contributed by atoms with Crippen LogP contribution in [-0.4, -0.2) is 34.6 Å². The van der Waals surface area contributed by atoms with Gasteiger partial charge in [-0.3, -0.25) is 4.72 Å². The second kappa shape index (κ2) is 7.29. The molecule has 0 radical (unpaired) electrons. The maximum Gasteiger partial charge on any atom is 0.261 e. The SMILES string of the molecule is O=S(=O)(Nc1ccccc1N1CCNCC1)c1ccc2c(c1)CCCC2. The number of nitrogens with zero attached hydrogens (tertiary/aromatic N) is 1. The fraction of sp³-hybridized carbons (Fsp3) is 0.400. The first-order chi connectivity index (χ1) is 12.6. The normalized spacial score (nSPS) is 17.6. The molecule has 26 heavy (non-hydrogen) atoms. The smallest absolute Gasteiger partial charge is 0.261 e. The topological polar surface area (TPSA) is 61.4 Å². The molecule has 1 heterocycles. The monoisotopic (exact) mass is 371 g/mol. The second-order valence-corrected chi connectivity index (χ2v) is 8.68. The summed E-state index contributed by atoms with van der Waals surface area (Å²) in [5.74, 6) is 0. The Balaban J connectivity index is 1.62. The van der Waals surface area contributed by atoms with Crippen LogP contribution in [0.25, 0.3) is 0 Å². The number of hydrogen-bond donors (Lipinski definition) is 2. The van der Waals surface area contributed by atoms with Crippen LogP contribution in [-0.2, 0) is 22.9 Å². The largest absolute Gasteiger partial charge is 0.367 e. The van der Waals surface area contributed by atoms with E-state index in [-0.39, 0.29) is 0 Å². The molecule has 0 atom stereocenters. The molecule has 2 N–H and O–H groups in total. The summed E-state index contributed by atoms with van der Waals surface area (Å²) in [6.07, 6.45) is 4.34. The van der Waals surface area contributed by atoms with Crippen LogP contribution in [0.5, 0.6) is 0 Å². The minimum Gasteiger partial charge on any atom is -0.367 e. The lowest BCUT2D eigenvalue weighted by molar-refractivity contribution is 0.589. The van der Waals surface area contributed by atoms with Gasteiger partial charge in [-0.05, 0) is 61.1 Å². The van der Waals surface area contributed by atoms with E-state index < -0.39 is 10.0 Å². The number of benzene rings is 2. The van der Waals surface area contributed by atoms with Gasteiger partial charge in [-0.25, -0.2) is 8.42 Å². The molecule has 0 saturated carbocycles. The van der Waals surface area contributed by atoms with Gasteiger partial charge in [0.05, 0.1) is 16.3 Å². The predicted octanol–water partition coefficient (Wildman–Crippen LogP) is 2.78. The van der Waals surface area contributed by atoms with Crippen molar-refractivity contribution in [3.8, 4) is 0 Å². The minimum absolute atomic E-state index is 0.355. The Labute approximate surface area is 155 Å². The zero-order valence-electron chi connectivity index (χ0n) is 14.9. The third kappa shape index (κ3) is 3.57. The average Bonchev–Trinajstić information content (AvgIpc) is 2.68.